The molecule has 96 valence electrons. The van der Waals surface area contributed by atoms with E-state index >= 15 is 0 Å². The van der Waals surface area contributed by atoms with Crippen LogP contribution in [0.5, 0.6) is 0 Å². The van der Waals surface area contributed by atoms with Crippen molar-refractivity contribution in [2.75, 3.05) is 13.1 Å². The number of aromatic nitrogens is 2. The number of hydrogen-bond donors (Lipinski definition) is 1. The summed E-state index contributed by atoms with van der Waals surface area (Å²) in [6, 6.07) is 0. The number of hydrogen-bond acceptors (Lipinski definition) is 5. The fraction of sp³-hybridized carbons (Fsp3) is 0.833. The van der Waals surface area contributed by atoms with Crippen LogP contribution in [0.3, 0.4) is 0 Å². The standard InChI is InChI=1S/C12H21N3O2/c1-8(2)11-13-10(17-14-11)5-15-6-12(16,7-15)9(3)4/h8-9,16H,5-7H2,1-4H3. The van der Waals surface area contributed by atoms with Crippen LogP contribution in [0.2, 0.25) is 0 Å². The Morgan fingerprint density at radius 2 is 2.00 bits per heavy atom. The molecule has 1 fully saturated rings. The highest BCUT2D eigenvalue weighted by atomic mass is 16.5. The summed E-state index contributed by atoms with van der Waals surface area (Å²) in [5.41, 5.74) is -0.541. The smallest absolute Gasteiger partial charge is 0.240 e. The van der Waals surface area contributed by atoms with Gasteiger partial charge < -0.3 is 9.63 Å². The molecule has 1 aromatic rings. The summed E-state index contributed by atoms with van der Waals surface area (Å²) in [6.07, 6.45) is 0. The average molecular weight is 239 g/mol. The Morgan fingerprint density at radius 3 is 2.47 bits per heavy atom. The largest absolute Gasteiger partial charge is 0.387 e. The zero-order chi connectivity index (χ0) is 12.6. The Hall–Kier alpha value is -0.940. The molecule has 0 spiro atoms. The van der Waals surface area contributed by atoms with Crippen molar-refractivity contribution in [3.05, 3.63) is 11.7 Å². The number of nitrogens with zero attached hydrogens (tertiary/aromatic N) is 3. The lowest BCUT2D eigenvalue weighted by Gasteiger charge is -2.48. The molecule has 17 heavy (non-hydrogen) atoms. The van der Waals surface area contributed by atoms with E-state index in [2.05, 4.69) is 15.0 Å². The third kappa shape index (κ3) is 2.50. The van der Waals surface area contributed by atoms with Gasteiger partial charge in [0.25, 0.3) is 0 Å². The number of β-amino-alcohol motifs (C(OH)–C–C–N with tert-alkyl or cyclic N) is 1. The maximum Gasteiger partial charge on any atom is 0.240 e. The van der Waals surface area contributed by atoms with Crippen LogP contribution >= 0.6 is 0 Å². The third-order valence-electron chi connectivity index (χ3n) is 3.43. The van der Waals surface area contributed by atoms with Crippen molar-refractivity contribution in [3.63, 3.8) is 0 Å². The molecule has 2 heterocycles. The van der Waals surface area contributed by atoms with E-state index in [1.54, 1.807) is 0 Å². The predicted molar refractivity (Wildman–Crippen MR) is 63.5 cm³/mol. The lowest BCUT2D eigenvalue weighted by atomic mass is 9.83. The Balaban J connectivity index is 1.87. The van der Waals surface area contributed by atoms with Crippen molar-refractivity contribution >= 4 is 0 Å². The van der Waals surface area contributed by atoms with Crippen molar-refractivity contribution in [3.8, 4) is 0 Å². The molecule has 2 rings (SSSR count). The van der Waals surface area contributed by atoms with Gasteiger partial charge in [-0.05, 0) is 5.92 Å². The second-order valence-electron chi connectivity index (χ2n) is 5.60. The molecule has 1 aliphatic rings. The van der Waals surface area contributed by atoms with Gasteiger partial charge in [0.15, 0.2) is 5.82 Å². The van der Waals surface area contributed by atoms with Gasteiger partial charge in [0.05, 0.1) is 12.1 Å². The van der Waals surface area contributed by atoms with Crippen molar-refractivity contribution < 1.29 is 9.63 Å². The van der Waals surface area contributed by atoms with Crippen LogP contribution in [-0.4, -0.2) is 38.8 Å². The topological polar surface area (TPSA) is 62.4 Å². The molecule has 0 radical (unpaired) electrons. The highest BCUT2D eigenvalue weighted by molar-refractivity contribution is 5.00. The summed E-state index contributed by atoms with van der Waals surface area (Å²) in [5, 5.41) is 14.0. The van der Waals surface area contributed by atoms with Crippen LogP contribution in [0.15, 0.2) is 4.52 Å². The van der Waals surface area contributed by atoms with Crippen LogP contribution in [0.4, 0.5) is 0 Å². The molecular formula is C12H21N3O2. The predicted octanol–water partition coefficient (Wildman–Crippen LogP) is 1.40. The highest BCUT2D eigenvalue weighted by Crippen LogP contribution is 2.29. The summed E-state index contributed by atoms with van der Waals surface area (Å²) in [7, 11) is 0. The van der Waals surface area contributed by atoms with Gasteiger partial charge in [-0.3, -0.25) is 4.90 Å². The second-order valence-corrected chi connectivity index (χ2v) is 5.60. The maximum atomic E-state index is 10.1. The fourth-order valence-corrected chi connectivity index (χ4v) is 1.96. The van der Waals surface area contributed by atoms with E-state index in [1.165, 1.54) is 0 Å². The molecule has 5 heteroatoms. The highest BCUT2D eigenvalue weighted by Gasteiger charge is 2.43. The van der Waals surface area contributed by atoms with Crippen molar-refractivity contribution in [2.24, 2.45) is 5.92 Å². The maximum absolute atomic E-state index is 10.1. The van der Waals surface area contributed by atoms with Gasteiger partial charge in [-0.1, -0.05) is 32.9 Å². The van der Waals surface area contributed by atoms with Gasteiger partial charge in [-0.25, -0.2) is 0 Å². The summed E-state index contributed by atoms with van der Waals surface area (Å²) < 4.78 is 5.18. The molecule has 0 atom stereocenters. The van der Waals surface area contributed by atoms with Crippen LogP contribution < -0.4 is 0 Å². The molecular weight excluding hydrogens is 218 g/mol. The van der Waals surface area contributed by atoms with Crippen molar-refractivity contribution in [1.29, 1.82) is 0 Å². The molecule has 1 N–H and O–H groups in total. The van der Waals surface area contributed by atoms with E-state index in [0.29, 0.717) is 25.5 Å². The second kappa shape index (κ2) is 4.38. The minimum Gasteiger partial charge on any atom is -0.387 e. The van der Waals surface area contributed by atoms with Crippen molar-refractivity contribution in [1.82, 2.24) is 15.0 Å². The molecule has 0 bridgehead atoms. The summed E-state index contributed by atoms with van der Waals surface area (Å²) in [4.78, 5) is 6.45. The Morgan fingerprint density at radius 1 is 1.35 bits per heavy atom. The van der Waals surface area contributed by atoms with Gasteiger partial charge in [0, 0.05) is 19.0 Å². The van der Waals surface area contributed by atoms with E-state index in [9.17, 15) is 5.11 Å². The number of rotatable bonds is 4. The molecule has 1 aromatic heterocycles. The molecule has 1 saturated heterocycles. The minimum atomic E-state index is -0.541. The van der Waals surface area contributed by atoms with Crippen LogP contribution in [0.25, 0.3) is 0 Å². The first-order valence-corrected chi connectivity index (χ1v) is 6.18. The Bertz CT molecular complexity index is 381. The molecule has 0 aliphatic carbocycles. The molecule has 5 nitrogen and oxygen atoms in total. The van der Waals surface area contributed by atoms with Gasteiger partial charge in [-0.15, -0.1) is 0 Å². The van der Waals surface area contributed by atoms with E-state index in [0.717, 1.165) is 5.82 Å². The number of likely N-dealkylation sites (tertiary alicyclic amines) is 1. The van der Waals surface area contributed by atoms with E-state index in [-0.39, 0.29) is 11.8 Å². The molecule has 0 saturated carbocycles. The zero-order valence-corrected chi connectivity index (χ0v) is 11.0. The first-order valence-electron chi connectivity index (χ1n) is 6.18. The summed E-state index contributed by atoms with van der Waals surface area (Å²) in [6.45, 7) is 10.2. The first-order chi connectivity index (χ1) is 7.90. The lowest BCUT2D eigenvalue weighted by Crippen LogP contribution is -2.63. The minimum absolute atomic E-state index is 0.285. The Kier molecular flexibility index (Phi) is 3.23. The molecule has 0 amide bonds. The molecule has 1 aliphatic heterocycles. The molecule has 0 unspecified atom stereocenters. The van der Waals surface area contributed by atoms with Crippen LogP contribution in [-0.2, 0) is 6.54 Å². The van der Waals surface area contributed by atoms with E-state index in [1.807, 2.05) is 27.7 Å². The van der Waals surface area contributed by atoms with E-state index in [4.69, 9.17) is 4.52 Å². The lowest BCUT2D eigenvalue weighted by molar-refractivity contribution is -0.133. The monoisotopic (exact) mass is 239 g/mol. The molecule has 0 aromatic carbocycles. The summed E-state index contributed by atoms with van der Waals surface area (Å²) in [5.74, 6) is 1.96. The fourth-order valence-electron chi connectivity index (χ4n) is 1.96. The normalized spacial score (nSPS) is 19.9. The van der Waals surface area contributed by atoms with Gasteiger partial charge >= 0.3 is 0 Å². The first kappa shape index (κ1) is 12.5. The van der Waals surface area contributed by atoms with Gasteiger partial charge in [0.2, 0.25) is 5.89 Å². The van der Waals surface area contributed by atoms with Gasteiger partial charge in [-0.2, -0.15) is 4.98 Å². The Labute approximate surface area is 102 Å². The average Bonchev–Trinajstić information content (AvgIpc) is 2.63. The third-order valence-corrected chi connectivity index (χ3v) is 3.43. The van der Waals surface area contributed by atoms with Crippen molar-refractivity contribution in [2.45, 2.75) is 45.8 Å². The summed E-state index contributed by atoms with van der Waals surface area (Å²) >= 11 is 0. The van der Waals surface area contributed by atoms with Crippen LogP contribution in [0.1, 0.15) is 45.3 Å². The zero-order valence-electron chi connectivity index (χ0n) is 11.0. The number of aliphatic hydroxyl groups is 1. The van der Waals surface area contributed by atoms with E-state index < -0.39 is 5.60 Å². The van der Waals surface area contributed by atoms with Crippen LogP contribution in [0, 0.1) is 5.92 Å². The van der Waals surface area contributed by atoms with Gasteiger partial charge in [0.1, 0.15) is 0 Å². The quantitative estimate of drug-likeness (QED) is 0.860. The SMILES string of the molecule is CC(C)c1noc(CN2CC(O)(C(C)C)C2)n1.